The normalized spacial score (nSPS) is 11.2. The number of hydrogen-bond donors (Lipinski definition) is 0. The van der Waals surface area contributed by atoms with E-state index in [9.17, 15) is 0 Å². The first-order valence-electron chi connectivity index (χ1n) is 12.3. The zero-order valence-corrected chi connectivity index (χ0v) is 20.0. The number of oxazole rings is 1. The molecule has 0 atom stereocenters. The molecule has 0 N–H and O–H groups in total. The average Bonchev–Trinajstić information content (AvgIpc) is 3.56. The number of para-hydroxylation sites is 2. The number of imidazole rings is 1. The van der Waals surface area contributed by atoms with Gasteiger partial charge >= 0.3 is 5.84 Å². The van der Waals surface area contributed by atoms with Crippen LogP contribution in [0.2, 0.25) is 0 Å². The molecule has 2 heterocycles. The van der Waals surface area contributed by atoms with E-state index in [1.165, 1.54) is 10.8 Å². The molecule has 7 aromatic rings. The Balaban J connectivity index is 1.35. The van der Waals surface area contributed by atoms with E-state index in [1.54, 1.807) is 6.26 Å². The zero-order valence-electron chi connectivity index (χ0n) is 20.0. The molecule has 0 spiro atoms. The van der Waals surface area contributed by atoms with Crippen LogP contribution in [0.25, 0.3) is 39.1 Å². The molecule has 0 saturated heterocycles. The van der Waals surface area contributed by atoms with Gasteiger partial charge in [0, 0.05) is 34.4 Å². The van der Waals surface area contributed by atoms with Crippen molar-refractivity contribution < 1.29 is 4.42 Å². The fourth-order valence-electron chi connectivity index (χ4n) is 4.97. The smallest absolute Gasteiger partial charge is 0.306 e. The molecule has 176 valence electrons. The van der Waals surface area contributed by atoms with Crippen molar-refractivity contribution in [2.45, 2.75) is 0 Å². The molecule has 0 aliphatic carbocycles. The van der Waals surface area contributed by atoms with Crippen LogP contribution in [-0.2, 0) is 0 Å². The highest BCUT2D eigenvalue weighted by Gasteiger charge is 2.19. The summed E-state index contributed by atoms with van der Waals surface area (Å²) in [6, 6.07) is 44.4. The Morgan fingerprint density at radius 1 is 0.568 bits per heavy atom. The molecule has 0 unspecified atom stereocenters. The van der Waals surface area contributed by atoms with Crippen LogP contribution >= 0.6 is 0 Å². The lowest BCUT2D eigenvalue weighted by molar-refractivity contribution is 0.596. The average molecular weight is 478 g/mol. The van der Waals surface area contributed by atoms with E-state index in [1.807, 2.05) is 22.7 Å². The first-order chi connectivity index (χ1) is 18.3. The lowest BCUT2D eigenvalue weighted by atomic mass is 10.0. The second kappa shape index (κ2) is 8.85. The Bertz CT molecular complexity index is 1780. The van der Waals surface area contributed by atoms with Gasteiger partial charge in [-0.1, -0.05) is 84.9 Å². The Labute approximate surface area is 214 Å². The second-order valence-electron chi connectivity index (χ2n) is 8.98. The summed E-state index contributed by atoms with van der Waals surface area (Å²) < 4.78 is 7.71. The molecule has 0 fully saturated rings. The van der Waals surface area contributed by atoms with Crippen LogP contribution in [-0.4, -0.2) is 9.38 Å². The van der Waals surface area contributed by atoms with Gasteiger partial charge in [0.15, 0.2) is 0 Å². The van der Waals surface area contributed by atoms with E-state index in [0.29, 0.717) is 5.84 Å². The Hall–Kier alpha value is -5.09. The van der Waals surface area contributed by atoms with Crippen LogP contribution in [0.5, 0.6) is 0 Å². The van der Waals surface area contributed by atoms with Gasteiger partial charge in [-0.25, -0.2) is 0 Å². The molecule has 0 radical (unpaired) electrons. The topological polar surface area (TPSA) is 33.7 Å². The highest BCUT2D eigenvalue weighted by Crippen LogP contribution is 2.38. The fraction of sp³-hybridized carbons (Fsp3) is 0. The van der Waals surface area contributed by atoms with Gasteiger partial charge in [-0.15, -0.1) is 0 Å². The summed E-state index contributed by atoms with van der Waals surface area (Å²) >= 11 is 0. The third kappa shape index (κ3) is 3.76. The number of rotatable bonds is 5. The van der Waals surface area contributed by atoms with Gasteiger partial charge in [0.1, 0.15) is 12.0 Å². The van der Waals surface area contributed by atoms with Gasteiger partial charge in [0.25, 0.3) is 0 Å². The number of nitrogens with zero attached hydrogens (tertiary/aromatic N) is 3. The quantitative estimate of drug-likeness (QED) is 0.248. The molecule has 0 aliphatic heterocycles. The summed E-state index contributed by atoms with van der Waals surface area (Å²) in [5.74, 6) is 0.581. The van der Waals surface area contributed by atoms with Gasteiger partial charge < -0.3 is 9.32 Å². The van der Waals surface area contributed by atoms with Crippen LogP contribution < -0.4 is 4.90 Å². The highest BCUT2D eigenvalue weighted by molar-refractivity contribution is 5.90. The van der Waals surface area contributed by atoms with Crippen molar-refractivity contribution in [2.75, 3.05) is 4.90 Å². The van der Waals surface area contributed by atoms with Crippen LogP contribution in [0.1, 0.15) is 0 Å². The van der Waals surface area contributed by atoms with Gasteiger partial charge in [-0.3, -0.25) is 4.40 Å². The third-order valence-corrected chi connectivity index (χ3v) is 6.71. The summed E-state index contributed by atoms with van der Waals surface area (Å²) in [6.45, 7) is 0. The van der Waals surface area contributed by atoms with Crippen molar-refractivity contribution in [3.05, 3.63) is 140 Å². The van der Waals surface area contributed by atoms with Gasteiger partial charge in [0.05, 0.1) is 5.69 Å². The molecule has 0 aliphatic rings. The van der Waals surface area contributed by atoms with Crippen molar-refractivity contribution >= 4 is 33.7 Å². The molecule has 37 heavy (non-hydrogen) atoms. The maximum absolute atomic E-state index is 5.69. The maximum atomic E-state index is 5.69. The van der Waals surface area contributed by atoms with Crippen molar-refractivity contribution in [1.82, 2.24) is 9.38 Å². The van der Waals surface area contributed by atoms with E-state index in [4.69, 9.17) is 9.40 Å². The molecular weight excluding hydrogens is 454 g/mol. The number of hydrogen-bond acceptors (Lipinski definition) is 3. The molecule has 0 amide bonds. The first-order valence-corrected chi connectivity index (χ1v) is 12.3. The summed E-state index contributed by atoms with van der Waals surface area (Å²) in [5, 5.41) is 2.40. The van der Waals surface area contributed by atoms with Crippen LogP contribution in [0.15, 0.2) is 144 Å². The predicted octanol–water partition coefficient (Wildman–Crippen LogP) is 8.88. The summed E-state index contributed by atoms with van der Waals surface area (Å²) in [4.78, 5) is 7.13. The summed E-state index contributed by atoms with van der Waals surface area (Å²) in [5.41, 5.74) is 7.35. The van der Waals surface area contributed by atoms with Crippen molar-refractivity contribution in [1.29, 1.82) is 0 Å². The Morgan fingerprint density at radius 3 is 1.86 bits per heavy atom. The number of aromatic nitrogens is 2. The van der Waals surface area contributed by atoms with Crippen molar-refractivity contribution in [3.8, 4) is 22.5 Å². The molecule has 4 heteroatoms. The van der Waals surface area contributed by atoms with Crippen LogP contribution in [0.3, 0.4) is 0 Å². The monoisotopic (exact) mass is 477 g/mol. The molecule has 4 nitrogen and oxygen atoms in total. The standard InChI is InChI=1S/C33H23N3O/c1-3-11-28(12-4-1)36(29-13-5-2-6-14-29)30-19-17-25(18-20-30)32-31(34-33-35(32)21-22-37-33)27-16-15-24-9-7-8-10-26(24)23-27/h1-23H. The summed E-state index contributed by atoms with van der Waals surface area (Å²) in [6.07, 6.45) is 3.60. The summed E-state index contributed by atoms with van der Waals surface area (Å²) in [7, 11) is 0. The lowest BCUT2D eigenvalue weighted by Gasteiger charge is -2.25. The molecule has 2 aromatic heterocycles. The van der Waals surface area contributed by atoms with Crippen LogP contribution in [0, 0.1) is 0 Å². The lowest BCUT2D eigenvalue weighted by Crippen LogP contribution is -2.09. The van der Waals surface area contributed by atoms with E-state index in [-0.39, 0.29) is 0 Å². The van der Waals surface area contributed by atoms with Gasteiger partial charge in [-0.2, -0.15) is 4.98 Å². The number of fused-ring (bicyclic) bond motifs is 2. The number of benzene rings is 5. The minimum Gasteiger partial charge on any atom is -0.432 e. The molecule has 5 aromatic carbocycles. The number of anilines is 3. The van der Waals surface area contributed by atoms with Crippen molar-refractivity contribution in [2.24, 2.45) is 0 Å². The SMILES string of the molecule is c1ccc(N(c2ccccc2)c2ccc(-c3c(-c4ccc5ccccc5c4)nc4occn34)cc2)cc1. The minimum absolute atomic E-state index is 0.581. The molecule has 7 rings (SSSR count). The van der Waals surface area contributed by atoms with Gasteiger partial charge in [0.2, 0.25) is 0 Å². The molecule has 0 saturated carbocycles. The fourth-order valence-corrected chi connectivity index (χ4v) is 4.97. The third-order valence-electron chi connectivity index (χ3n) is 6.71. The Kier molecular flexibility index (Phi) is 5.07. The van der Waals surface area contributed by atoms with Crippen LogP contribution in [0.4, 0.5) is 17.1 Å². The minimum atomic E-state index is 0.581. The van der Waals surface area contributed by atoms with E-state index < -0.39 is 0 Å². The van der Waals surface area contributed by atoms with E-state index in [2.05, 4.69) is 120 Å². The van der Waals surface area contributed by atoms with Gasteiger partial charge in [-0.05, 0) is 53.2 Å². The maximum Gasteiger partial charge on any atom is 0.306 e. The zero-order chi connectivity index (χ0) is 24.6. The molecular formula is C33H23N3O. The first kappa shape index (κ1) is 21.2. The largest absolute Gasteiger partial charge is 0.432 e. The van der Waals surface area contributed by atoms with E-state index in [0.717, 1.165) is 39.6 Å². The second-order valence-corrected chi connectivity index (χ2v) is 8.98. The van der Waals surface area contributed by atoms with E-state index >= 15 is 0 Å². The molecule has 0 bridgehead atoms. The highest BCUT2D eigenvalue weighted by atomic mass is 16.3. The Morgan fingerprint density at radius 2 is 1.16 bits per heavy atom. The predicted molar refractivity (Wildman–Crippen MR) is 151 cm³/mol. The van der Waals surface area contributed by atoms with Crippen molar-refractivity contribution in [3.63, 3.8) is 0 Å².